The maximum Gasteiger partial charge on any atom is 0.243 e. The lowest BCUT2D eigenvalue weighted by Crippen LogP contribution is -2.44. The fraction of sp³-hybridized carbons (Fsp3) is 0.480. The summed E-state index contributed by atoms with van der Waals surface area (Å²) in [5.41, 5.74) is 3.14. The number of benzene rings is 2. The van der Waals surface area contributed by atoms with Gasteiger partial charge in [0.05, 0.1) is 18.0 Å². The van der Waals surface area contributed by atoms with Gasteiger partial charge in [0.2, 0.25) is 15.9 Å². The molecule has 2 aliphatic rings. The van der Waals surface area contributed by atoms with E-state index in [1.165, 1.54) is 4.31 Å². The van der Waals surface area contributed by atoms with E-state index in [4.69, 9.17) is 4.74 Å². The zero-order valence-corrected chi connectivity index (χ0v) is 19.9. The van der Waals surface area contributed by atoms with Gasteiger partial charge in [-0.05, 0) is 80.5 Å². The Balaban J connectivity index is 1.43. The van der Waals surface area contributed by atoms with Crippen molar-refractivity contribution in [1.82, 2.24) is 9.21 Å². The molecule has 2 aromatic rings. The fourth-order valence-corrected chi connectivity index (χ4v) is 6.38. The lowest BCUT2D eigenvalue weighted by Gasteiger charge is -2.34. The second-order valence-corrected chi connectivity index (χ2v) is 10.8. The molecular formula is C25H32N2O4S. The largest absolute Gasteiger partial charge is 0.497 e. The maximum absolute atomic E-state index is 13.4. The van der Waals surface area contributed by atoms with Crippen LogP contribution in [-0.2, 0) is 14.8 Å². The van der Waals surface area contributed by atoms with Gasteiger partial charge >= 0.3 is 0 Å². The Morgan fingerprint density at radius 1 is 0.969 bits per heavy atom. The van der Waals surface area contributed by atoms with E-state index in [9.17, 15) is 13.2 Å². The van der Waals surface area contributed by atoms with Crippen LogP contribution in [0.2, 0.25) is 0 Å². The van der Waals surface area contributed by atoms with Crippen LogP contribution in [0.3, 0.4) is 0 Å². The van der Waals surface area contributed by atoms with Gasteiger partial charge in [-0.1, -0.05) is 18.2 Å². The molecule has 1 atom stereocenters. The number of ether oxygens (including phenoxy) is 1. The fourth-order valence-electron chi connectivity index (χ4n) is 4.83. The quantitative estimate of drug-likeness (QED) is 0.680. The van der Waals surface area contributed by atoms with Crippen LogP contribution in [0.25, 0.3) is 0 Å². The molecule has 32 heavy (non-hydrogen) atoms. The summed E-state index contributed by atoms with van der Waals surface area (Å²) in [7, 11) is -1.89. The molecule has 7 heteroatoms. The summed E-state index contributed by atoms with van der Waals surface area (Å²) >= 11 is 0. The van der Waals surface area contributed by atoms with Crippen LogP contribution in [0.5, 0.6) is 5.75 Å². The minimum absolute atomic E-state index is 0.0647. The molecule has 172 valence electrons. The SMILES string of the molecule is COc1cccc([C@H]2CCCN2C(=O)C2CCN(S(=O)(=O)c3ccc(C)c(C)c3)CC2)c1. The summed E-state index contributed by atoms with van der Waals surface area (Å²) in [6.07, 6.45) is 3.04. The number of carbonyl (C=O) groups is 1. The highest BCUT2D eigenvalue weighted by molar-refractivity contribution is 7.89. The van der Waals surface area contributed by atoms with Gasteiger partial charge in [-0.2, -0.15) is 4.31 Å². The average Bonchev–Trinajstić information content (AvgIpc) is 3.30. The molecule has 1 amide bonds. The zero-order valence-electron chi connectivity index (χ0n) is 19.1. The lowest BCUT2D eigenvalue weighted by atomic mass is 9.95. The van der Waals surface area contributed by atoms with Gasteiger partial charge in [0.1, 0.15) is 5.75 Å². The molecule has 0 aliphatic carbocycles. The van der Waals surface area contributed by atoms with E-state index in [0.29, 0.717) is 30.8 Å². The van der Waals surface area contributed by atoms with Gasteiger partial charge in [0.15, 0.2) is 0 Å². The molecule has 2 saturated heterocycles. The normalized spacial score (nSPS) is 20.5. The third kappa shape index (κ3) is 4.41. The van der Waals surface area contributed by atoms with Crippen LogP contribution in [-0.4, -0.2) is 50.3 Å². The predicted octanol–water partition coefficient (Wildman–Crippen LogP) is 4.08. The Kier molecular flexibility index (Phi) is 6.58. The van der Waals surface area contributed by atoms with E-state index in [-0.39, 0.29) is 17.9 Å². The summed E-state index contributed by atoms with van der Waals surface area (Å²) in [5.74, 6) is 0.817. The highest BCUT2D eigenvalue weighted by atomic mass is 32.2. The van der Waals surface area contributed by atoms with E-state index in [1.807, 2.05) is 43.0 Å². The van der Waals surface area contributed by atoms with Crippen molar-refractivity contribution in [2.45, 2.75) is 50.5 Å². The number of methoxy groups -OCH3 is 1. The third-order valence-corrected chi connectivity index (χ3v) is 8.83. The van der Waals surface area contributed by atoms with Crippen molar-refractivity contribution in [2.24, 2.45) is 5.92 Å². The van der Waals surface area contributed by atoms with Gasteiger partial charge in [-0.25, -0.2) is 8.42 Å². The number of sulfonamides is 1. The number of nitrogens with zero attached hydrogens (tertiary/aromatic N) is 2. The van der Waals surface area contributed by atoms with Gasteiger partial charge < -0.3 is 9.64 Å². The van der Waals surface area contributed by atoms with E-state index in [1.54, 1.807) is 19.2 Å². The van der Waals surface area contributed by atoms with E-state index in [2.05, 4.69) is 6.07 Å². The smallest absolute Gasteiger partial charge is 0.243 e. The molecule has 4 rings (SSSR count). The molecule has 6 nitrogen and oxygen atoms in total. The summed E-state index contributed by atoms with van der Waals surface area (Å²) in [5, 5.41) is 0. The summed E-state index contributed by atoms with van der Waals surface area (Å²) in [6.45, 7) is 5.41. The van der Waals surface area contributed by atoms with Crippen molar-refractivity contribution in [3.05, 3.63) is 59.2 Å². The molecule has 2 aliphatic heterocycles. The Morgan fingerprint density at radius 3 is 2.41 bits per heavy atom. The zero-order chi connectivity index (χ0) is 22.9. The van der Waals surface area contributed by atoms with E-state index >= 15 is 0 Å². The Morgan fingerprint density at radius 2 is 1.72 bits per heavy atom. The second-order valence-electron chi connectivity index (χ2n) is 8.89. The second kappa shape index (κ2) is 9.24. The Labute approximate surface area is 191 Å². The summed E-state index contributed by atoms with van der Waals surface area (Å²) in [4.78, 5) is 15.7. The number of carbonyl (C=O) groups excluding carboxylic acids is 1. The van der Waals surface area contributed by atoms with Crippen molar-refractivity contribution in [3.8, 4) is 5.75 Å². The average molecular weight is 457 g/mol. The van der Waals surface area contributed by atoms with Crippen molar-refractivity contribution in [2.75, 3.05) is 26.7 Å². The van der Waals surface area contributed by atoms with Crippen molar-refractivity contribution in [3.63, 3.8) is 0 Å². The highest BCUT2D eigenvalue weighted by Gasteiger charge is 2.37. The summed E-state index contributed by atoms with van der Waals surface area (Å²) in [6, 6.07) is 13.3. The molecule has 2 aromatic carbocycles. The van der Waals surface area contributed by atoms with Gasteiger partial charge in [-0.15, -0.1) is 0 Å². The molecule has 0 N–H and O–H groups in total. The molecule has 0 bridgehead atoms. The maximum atomic E-state index is 13.4. The topological polar surface area (TPSA) is 66.9 Å². The number of piperidine rings is 1. The number of likely N-dealkylation sites (tertiary alicyclic amines) is 1. The van der Waals surface area contributed by atoms with Crippen LogP contribution in [0.15, 0.2) is 47.4 Å². The Bertz CT molecular complexity index is 1090. The number of hydrogen-bond acceptors (Lipinski definition) is 4. The third-order valence-electron chi connectivity index (χ3n) is 6.93. The predicted molar refractivity (Wildman–Crippen MR) is 124 cm³/mol. The summed E-state index contributed by atoms with van der Waals surface area (Å²) < 4.78 is 33.1. The van der Waals surface area contributed by atoms with Crippen LogP contribution in [0.4, 0.5) is 0 Å². The number of rotatable bonds is 5. The molecular weight excluding hydrogens is 424 g/mol. The highest BCUT2D eigenvalue weighted by Crippen LogP contribution is 2.36. The van der Waals surface area contributed by atoms with Gasteiger partial charge in [-0.3, -0.25) is 4.79 Å². The molecule has 0 aromatic heterocycles. The molecule has 0 saturated carbocycles. The van der Waals surface area contributed by atoms with Crippen LogP contribution in [0.1, 0.15) is 48.4 Å². The molecule has 0 unspecified atom stereocenters. The minimum Gasteiger partial charge on any atom is -0.497 e. The van der Waals surface area contributed by atoms with Gasteiger partial charge in [0.25, 0.3) is 0 Å². The molecule has 2 fully saturated rings. The molecule has 0 radical (unpaired) electrons. The number of amides is 1. The van der Waals surface area contributed by atoms with Crippen LogP contribution < -0.4 is 4.74 Å². The number of aryl methyl sites for hydroxylation is 2. The molecule has 0 spiro atoms. The minimum atomic E-state index is -3.54. The first kappa shape index (κ1) is 22.8. The number of hydrogen-bond donors (Lipinski definition) is 0. The van der Waals surface area contributed by atoms with Crippen molar-refractivity contribution < 1.29 is 17.9 Å². The van der Waals surface area contributed by atoms with Gasteiger partial charge in [0, 0.05) is 25.6 Å². The lowest BCUT2D eigenvalue weighted by molar-refractivity contribution is -0.137. The van der Waals surface area contributed by atoms with Crippen molar-refractivity contribution >= 4 is 15.9 Å². The first-order valence-electron chi connectivity index (χ1n) is 11.3. The molecule has 2 heterocycles. The first-order chi connectivity index (χ1) is 15.3. The standard InChI is InChI=1S/C25H32N2O4S/c1-18-9-10-23(16-19(18)2)32(29,30)26-14-11-20(12-15-26)25(28)27-13-5-8-24(27)21-6-4-7-22(17-21)31-3/h4,6-7,9-10,16-17,20,24H,5,8,11-15H2,1-3H3/t24-/m1/s1. The Hall–Kier alpha value is -2.38. The van der Waals surface area contributed by atoms with E-state index in [0.717, 1.165) is 41.8 Å². The van der Waals surface area contributed by atoms with Crippen LogP contribution >= 0.6 is 0 Å². The monoisotopic (exact) mass is 456 g/mol. The van der Waals surface area contributed by atoms with E-state index < -0.39 is 10.0 Å². The first-order valence-corrected chi connectivity index (χ1v) is 12.8. The van der Waals surface area contributed by atoms with Crippen LogP contribution in [0, 0.1) is 19.8 Å². The van der Waals surface area contributed by atoms with Crippen molar-refractivity contribution in [1.29, 1.82) is 0 Å².